The number of rotatable bonds is 3. The van der Waals surface area contributed by atoms with Gasteiger partial charge in [0.2, 0.25) is 0 Å². The van der Waals surface area contributed by atoms with Crippen LogP contribution in [0.1, 0.15) is 0 Å². The summed E-state index contributed by atoms with van der Waals surface area (Å²) in [5, 5.41) is 0.342. The Kier molecular flexibility index (Phi) is 4.20. The lowest BCUT2D eigenvalue weighted by Gasteiger charge is -2.09. The fraction of sp³-hybridized carbons (Fsp3) is 0. The number of aromatic nitrogens is 1. The zero-order chi connectivity index (χ0) is 14.0. The van der Waals surface area contributed by atoms with E-state index < -0.39 is 10.0 Å². The van der Waals surface area contributed by atoms with Crippen LogP contribution in [0.25, 0.3) is 0 Å². The van der Waals surface area contributed by atoms with E-state index in [2.05, 4.69) is 9.71 Å². The van der Waals surface area contributed by atoms with E-state index >= 15 is 0 Å². The topological polar surface area (TPSA) is 59.1 Å². The van der Waals surface area contributed by atoms with E-state index in [1.165, 1.54) is 18.2 Å². The molecule has 0 fully saturated rings. The smallest absolute Gasteiger partial charge is 0.264 e. The second kappa shape index (κ2) is 5.54. The number of pyridine rings is 1. The van der Waals surface area contributed by atoms with Crippen LogP contribution in [-0.4, -0.2) is 13.4 Å². The van der Waals surface area contributed by atoms with Gasteiger partial charge in [-0.1, -0.05) is 40.9 Å². The number of sulfonamides is 1. The lowest BCUT2D eigenvalue weighted by atomic mass is 10.3. The molecule has 0 unspecified atom stereocenters. The molecule has 0 radical (unpaired) electrons. The molecule has 0 bridgehead atoms. The standard InChI is InChI=1S/C11H7Cl3N2O2S/c12-7-2-1-3-8(6-7)16-19(17,18)9-4-5-10(13)15-11(9)14/h1-6,16H. The maximum Gasteiger partial charge on any atom is 0.264 e. The largest absolute Gasteiger partial charge is 0.279 e. The summed E-state index contributed by atoms with van der Waals surface area (Å²) in [4.78, 5) is 3.53. The average Bonchev–Trinajstić information content (AvgIpc) is 2.27. The van der Waals surface area contributed by atoms with Crippen LogP contribution in [0.15, 0.2) is 41.3 Å². The molecule has 1 aromatic carbocycles. The average molecular weight is 338 g/mol. The Hall–Kier alpha value is -1.01. The molecule has 2 aromatic rings. The van der Waals surface area contributed by atoms with Gasteiger partial charge >= 0.3 is 0 Å². The van der Waals surface area contributed by atoms with Gasteiger partial charge in [0.25, 0.3) is 10.0 Å². The van der Waals surface area contributed by atoms with E-state index in [4.69, 9.17) is 34.8 Å². The lowest BCUT2D eigenvalue weighted by Crippen LogP contribution is -2.13. The van der Waals surface area contributed by atoms with Crippen molar-refractivity contribution in [3.63, 3.8) is 0 Å². The van der Waals surface area contributed by atoms with Gasteiger partial charge in [-0.15, -0.1) is 0 Å². The molecule has 2 rings (SSSR count). The number of nitrogens with zero attached hydrogens (tertiary/aromatic N) is 1. The van der Waals surface area contributed by atoms with Crippen molar-refractivity contribution < 1.29 is 8.42 Å². The van der Waals surface area contributed by atoms with E-state index in [-0.39, 0.29) is 15.2 Å². The first-order valence-corrected chi connectivity index (χ1v) is 7.60. The molecule has 1 heterocycles. The molecule has 0 amide bonds. The fourth-order valence-corrected chi connectivity index (χ4v) is 3.26. The van der Waals surface area contributed by atoms with Gasteiger partial charge in [-0.3, -0.25) is 4.72 Å². The van der Waals surface area contributed by atoms with Crippen molar-refractivity contribution in [2.45, 2.75) is 4.90 Å². The molecule has 19 heavy (non-hydrogen) atoms. The van der Waals surface area contributed by atoms with Crippen molar-refractivity contribution in [1.29, 1.82) is 0 Å². The molecule has 4 nitrogen and oxygen atoms in total. The fourth-order valence-electron chi connectivity index (χ4n) is 1.36. The third kappa shape index (κ3) is 3.51. The molecular formula is C11H7Cl3N2O2S. The zero-order valence-corrected chi connectivity index (χ0v) is 12.4. The van der Waals surface area contributed by atoms with Gasteiger partial charge in [-0.05, 0) is 30.3 Å². The van der Waals surface area contributed by atoms with Crippen molar-refractivity contribution in [1.82, 2.24) is 4.98 Å². The molecule has 1 N–H and O–H groups in total. The molecule has 100 valence electrons. The van der Waals surface area contributed by atoms with Crippen molar-refractivity contribution in [3.8, 4) is 0 Å². The molecule has 0 spiro atoms. The Morgan fingerprint density at radius 3 is 2.42 bits per heavy atom. The molecule has 0 saturated carbocycles. The number of anilines is 1. The van der Waals surface area contributed by atoms with Crippen LogP contribution in [0, 0.1) is 0 Å². The van der Waals surface area contributed by atoms with E-state index in [9.17, 15) is 8.42 Å². The van der Waals surface area contributed by atoms with Crippen LogP contribution < -0.4 is 4.72 Å². The first-order valence-electron chi connectivity index (χ1n) is 4.99. The highest BCUT2D eigenvalue weighted by atomic mass is 35.5. The minimum Gasteiger partial charge on any atom is -0.279 e. The normalized spacial score (nSPS) is 11.3. The molecule has 8 heteroatoms. The predicted molar refractivity (Wildman–Crippen MR) is 76.5 cm³/mol. The Bertz CT molecular complexity index is 720. The summed E-state index contributed by atoms with van der Waals surface area (Å²) in [6, 6.07) is 8.94. The lowest BCUT2D eigenvalue weighted by molar-refractivity contribution is 0.601. The summed E-state index contributed by atoms with van der Waals surface area (Å²) in [6.45, 7) is 0. The molecule has 0 aliphatic rings. The molecule has 0 atom stereocenters. The monoisotopic (exact) mass is 336 g/mol. The summed E-state index contributed by atoms with van der Waals surface area (Å²) < 4.78 is 26.6. The molecule has 0 saturated heterocycles. The quantitative estimate of drug-likeness (QED) is 0.866. The maximum absolute atomic E-state index is 12.1. The van der Waals surface area contributed by atoms with Gasteiger partial charge in [0.05, 0.1) is 5.69 Å². The minimum absolute atomic E-state index is 0.117. The number of halogens is 3. The first kappa shape index (κ1) is 14.4. The van der Waals surface area contributed by atoms with E-state index in [0.717, 1.165) is 0 Å². The second-order valence-electron chi connectivity index (χ2n) is 3.54. The molecule has 1 aromatic heterocycles. The van der Waals surface area contributed by atoms with Gasteiger partial charge in [0.15, 0.2) is 5.15 Å². The highest BCUT2D eigenvalue weighted by molar-refractivity contribution is 7.92. The first-order chi connectivity index (χ1) is 8.88. The van der Waals surface area contributed by atoms with Gasteiger partial charge < -0.3 is 0 Å². The van der Waals surface area contributed by atoms with Crippen molar-refractivity contribution >= 4 is 50.5 Å². The maximum atomic E-state index is 12.1. The number of hydrogen-bond acceptors (Lipinski definition) is 3. The predicted octanol–water partition coefficient (Wildman–Crippen LogP) is 3.84. The number of benzene rings is 1. The number of nitrogens with one attached hydrogen (secondary N) is 1. The Labute approximate surface area is 125 Å². The van der Waals surface area contributed by atoms with Crippen LogP contribution in [-0.2, 0) is 10.0 Å². The van der Waals surface area contributed by atoms with E-state index in [1.54, 1.807) is 18.2 Å². The Morgan fingerprint density at radius 2 is 1.79 bits per heavy atom. The highest BCUT2D eigenvalue weighted by Crippen LogP contribution is 2.24. The molecule has 0 aliphatic heterocycles. The van der Waals surface area contributed by atoms with E-state index in [0.29, 0.717) is 10.7 Å². The van der Waals surface area contributed by atoms with Crippen molar-refractivity contribution in [3.05, 3.63) is 51.7 Å². The third-order valence-electron chi connectivity index (χ3n) is 2.15. The molecule has 0 aliphatic carbocycles. The number of hydrogen-bond donors (Lipinski definition) is 1. The summed E-state index contributed by atoms with van der Waals surface area (Å²) in [7, 11) is -3.84. The van der Waals surface area contributed by atoms with E-state index in [1.807, 2.05) is 0 Å². The Morgan fingerprint density at radius 1 is 1.05 bits per heavy atom. The summed E-state index contributed by atoms with van der Waals surface area (Å²) in [6.07, 6.45) is 0. The summed E-state index contributed by atoms with van der Waals surface area (Å²) in [5.41, 5.74) is 0.332. The van der Waals surface area contributed by atoms with Gasteiger partial charge in [-0.25, -0.2) is 13.4 Å². The van der Waals surface area contributed by atoms with Gasteiger partial charge in [-0.2, -0.15) is 0 Å². The van der Waals surface area contributed by atoms with Crippen molar-refractivity contribution in [2.75, 3.05) is 4.72 Å². The van der Waals surface area contributed by atoms with Crippen LogP contribution in [0.5, 0.6) is 0 Å². The van der Waals surface area contributed by atoms with Gasteiger partial charge in [0.1, 0.15) is 10.0 Å². The van der Waals surface area contributed by atoms with Crippen LogP contribution in [0.4, 0.5) is 5.69 Å². The minimum atomic E-state index is -3.84. The summed E-state index contributed by atoms with van der Waals surface area (Å²) >= 11 is 17.2. The van der Waals surface area contributed by atoms with Crippen LogP contribution >= 0.6 is 34.8 Å². The zero-order valence-electron chi connectivity index (χ0n) is 9.27. The van der Waals surface area contributed by atoms with Gasteiger partial charge in [0, 0.05) is 5.02 Å². The third-order valence-corrected chi connectivity index (χ3v) is 4.41. The summed E-state index contributed by atoms with van der Waals surface area (Å²) in [5.74, 6) is 0. The van der Waals surface area contributed by atoms with Crippen LogP contribution in [0.2, 0.25) is 15.3 Å². The van der Waals surface area contributed by atoms with Crippen LogP contribution in [0.3, 0.4) is 0 Å². The second-order valence-corrected chi connectivity index (χ2v) is 6.37. The molecular weight excluding hydrogens is 331 g/mol. The SMILES string of the molecule is O=S(=O)(Nc1cccc(Cl)c1)c1ccc(Cl)nc1Cl. The van der Waals surface area contributed by atoms with Crippen molar-refractivity contribution in [2.24, 2.45) is 0 Å². The highest BCUT2D eigenvalue weighted by Gasteiger charge is 2.19. The Balaban J connectivity index is 2.38.